The van der Waals surface area contributed by atoms with Crippen molar-refractivity contribution >= 4 is 12.6 Å². The predicted molar refractivity (Wildman–Crippen MR) is 160 cm³/mol. The molecule has 0 aliphatic heterocycles. The Morgan fingerprint density at radius 2 is 1.53 bits per heavy atom. The van der Waals surface area contributed by atoms with Crippen LogP contribution in [0.25, 0.3) is 0 Å². The maximum Gasteiger partial charge on any atom is 0.0132 e. The van der Waals surface area contributed by atoms with E-state index in [4.69, 9.17) is 12.6 Å². The third-order valence-corrected chi connectivity index (χ3v) is 15.9. The fraction of sp³-hybridized carbons (Fsp3) is 1.00. The third-order valence-electron chi connectivity index (χ3n) is 15.1. The van der Waals surface area contributed by atoms with Crippen LogP contribution in [0, 0.1) is 62.6 Å². The second-order valence-corrected chi connectivity index (χ2v) is 17.1. The largest absolute Gasteiger partial charge is 0.313 e. The number of thiol groups is 1. The Morgan fingerprint density at radius 1 is 0.806 bits per heavy atom. The number of nitrogens with one attached hydrogen (secondary N) is 1. The van der Waals surface area contributed by atoms with Crippen LogP contribution in [0.15, 0.2) is 0 Å². The molecular formula is C34H61NS. The highest BCUT2D eigenvalue weighted by molar-refractivity contribution is 7.81. The number of unbranched alkanes of at least 4 members (excludes halogenated alkanes) is 1. The van der Waals surface area contributed by atoms with Gasteiger partial charge in [-0.15, -0.1) is 0 Å². The molecule has 0 aromatic heterocycles. The third kappa shape index (κ3) is 3.64. The zero-order chi connectivity index (χ0) is 26.3. The van der Waals surface area contributed by atoms with Crippen LogP contribution in [-0.2, 0) is 0 Å². The summed E-state index contributed by atoms with van der Waals surface area (Å²) in [7, 11) is 0. The van der Waals surface area contributed by atoms with Crippen LogP contribution in [0.5, 0.6) is 0 Å². The Hall–Kier alpha value is 0.310. The van der Waals surface area contributed by atoms with Crippen LogP contribution in [-0.4, -0.2) is 17.8 Å². The first kappa shape index (κ1) is 27.9. The van der Waals surface area contributed by atoms with E-state index in [1.54, 1.807) is 0 Å². The summed E-state index contributed by atoms with van der Waals surface area (Å²) in [5, 5.41) is 4.54. The van der Waals surface area contributed by atoms with E-state index in [0.717, 1.165) is 35.5 Å². The fourth-order valence-corrected chi connectivity index (χ4v) is 13.0. The Labute approximate surface area is 230 Å². The molecule has 0 amide bonds. The molecule has 12 atom stereocenters. The van der Waals surface area contributed by atoms with Gasteiger partial charge in [-0.25, -0.2) is 0 Å². The maximum atomic E-state index is 5.52. The van der Waals surface area contributed by atoms with Crippen LogP contribution in [0.3, 0.4) is 0 Å². The van der Waals surface area contributed by atoms with E-state index in [-0.39, 0.29) is 0 Å². The van der Waals surface area contributed by atoms with Gasteiger partial charge in [-0.3, -0.25) is 0 Å². The highest BCUT2D eigenvalue weighted by Gasteiger charge is 2.71. The van der Waals surface area contributed by atoms with Crippen molar-refractivity contribution in [2.45, 2.75) is 144 Å². The van der Waals surface area contributed by atoms with Crippen LogP contribution in [0.2, 0.25) is 0 Å². The number of rotatable bonds is 4. The van der Waals surface area contributed by atoms with Crippen molar-refractivity contribution < 1.29 is 0 Å². The Balaban J connectivity index is 1.48. The first-order valence-electron chi connectivity index (χ1n) is 16.2. The van der Waals surface area contributed by atoms with E-state index in [0.29, 0.717) is 38.4 Å². The number of fused-ring (bicyclic) bond motifs is 7. The van der Waals surface area contributed by atoms with E-state index in [1.807, 2.05) is 0 Å². The van der Waals surface area contributed by atoms with Crippen molar-refractivity contribution in [1.29, 1.82) is 0 Å². The van der Waals surface area contributed by atoms with E-state index in [9.17, 15) is 0 Å². The molecule has 5 saturated carbocycles. The van der Waals surface area contributed by atoms with E-state index >= 15 is 0 Å². The van der Waals surface area contributed by atoms with Gasteiger partial charge in [-0.1, -0.05) is 68.7 Å². The maximum absolute atomic E-state index is 5.52. The Bertz CT molecular complexity index is 822. The second kappa shape index (κ2) is 9.17. The van der Waals surface area contributed by atoms with Gasteiger partial charge in [0, 0.05) is 11.3 Å². The molecule has 5 aliphatic rings. The molecule has 2 heteroatoms. The summed E-state index contributed by atoms with van der Waals surface area (Å²) in [6.07, 6.45) is 15.5. The molecule has 0 radical (unpaired) electrons. The molecule has 5 rings (SSSR count). The predicted octanol–water partition coefficient (Wildman–Crippen LogP) is 9.41. The average molecular weight is 516 g/mol. The van der Waals surface area contributed by atoms with Gasteiger partial charge < -0.3 is 5.32 Å². The zero-order valence-corrected chi connectivity index (χ0v) is 26.4. The molecule has 0 saturated heterocycles. The van der Waals surface area contributed by atoms with Gasteiger partial charge in [0.15, 0.2) is 0 Å². The molecule has 2 unspecified atom stereocenters. The Kier molecular flexibility index (Phi) is 7.10. The van der Waals surface area contributed by atoms with Crippen LogP contribution in [0.4, 0.5) is 0 Å². The molecule has 1 nitrogen and oxygen atoms in total. The molecule has 36 heavy (non-hydrogen) atoms. The van der Waals surface area contributed by atoms with Gasteiger partial charge in [-0.2, -0.15) is 12.6 Å². The zero-order valence-electron chi connectivity index (χ0n) is 25.6. The second-order valence-electron chi connectivity index (χ2n) is 16.5. The van der Waals surface area contributed by atoms with E-state index in [2.05, 4.69) is 67.6 Å². The molecule has 0 spiro atoms. The normalized spacial score (nSPS) is 56.2. The topological polar surface area (TPSA) is 12.0 Å². The van der Waals surface area contributed by atoms with Crippen molar-refractivity contribution in [2.75, 3.05) is 6.54 Å². The van der Waals surface area contributed by atoms with Gasteiger partial charge in [0.1, 0.15) is 0 Å². The molecular weight excluding hydrogens is 454 g/mol. The van der Waals surface area contributed by atoms with Crippen molar-refractivity contribution in [1.82, 2.24) is 5.32 Å². The number of hydrogen-bond donors (Lipinski definition) is 2. The van der Waals surface area contributed by atoms with Gasteiger partial charge in [0.25, 0.3) is 0 Å². The lowest BCUT2D eigenvalue weighted by molar-refractivity contribution is -0.247. The lowest BCUT2D eigenvalue weighted by Gasteiger charge is -2.75. The smallest absolute Gasteiger partial charge is 0.0132 e. The highest BCUT2D eigenvalue weighted by atomic mass is 32.1. The molecule has 0 heterocycles. The summed E-state index contributed by atoms with van der Waals surface area (Å²) in [5.74, 6) is 5.26. The molecule has 0 aromatic carbocycles. The van der Waals surface area contributed by atoms with Crippen LogP contribution >= 0.6 is 12.6 Å². The monoisotopic (exact) mass is 515 g/mol. The van der Waals surface area contributed by atoms with Gasteiger partial charge in [-0.05, 0) is 133 Å². The lowest BCUT2D eigenvalue weighted by atomic mass is 9.31. The van der Waals surface area contributed by atoms with Crippen LogP contribution < -0.4 is 5.32 Å². The summed E-state index contributed by atoms with van der Waals surface area (Å²) >= 11 is 5.52. The molecule has 5 aliphatic carbocycles. The van der Waals surface area contributed by atoms with Crippen molar-refractivity contribution in [2.24, 2.45) is 62.6 Å². The number of hydrogen-bond acceptors (Lipinski definition) is 2. The molecule has 5 fully saturated rings. The van der Waals surface area contributed by atoms with Gasteiger partial charge in [0.05, 0.1) is 0 Å². The van der Waals surface area contributed by atoms with Gasteiger partial charge in [0.2, 0.25) is 0 Å². The summed E-state index contributed by atoms with van der Waals surface area (Å²) in [6.45, 7) is 25.0. The first-order chi connectivity index (χ1) is 16.8. The standard InChI is InChI=1S/C34H61NS/c1-10-11-20-35-27-21-28(36)34(9)25(30(27,4)5)15-17-33(8)26(34)13-12-24-29-23(3)22(2)14-16-31(29,6)18-19-32(24,33)7/h22-29,35-36H,10-21H2,1-9H3/t22-,23+,24-,25+,26+,27?,28?,29+,31-,32-,33-,34+/m1/s1. The quantitative estimate of drug-likeness (QED) is 0.281. The van der Waals surface area contributed by atoms with Crippen LogP contribution in [0.1, 0.15) is 133 Å². The SMILES string of the molecule is CCCCNC1CC(S)[C@]2(C)[C@H]3CC[C@@H]4[C@@H]5[C@@H](C)[C@H](C)CC[C@]5(C)CC[C@@]4(C)[C@]3(C)CC[C@H]2C1(C)C. The molecule has 0 bridgehead atoms. The van der Waals surface area contributed by atoms with Crippen molar-refractivity contribution in [3.8, 4) is 0 Å². The van der Waals surface area contributed by atoms with Crippen molar-refractivity contribution in [3.63, 3.8) is 0 Å². The first-order valence-corrected chi connectivity index (χ1v) is 16.7. The Morgan fingerprint density at radius 3 is 2.22 bits per heavy atom. The minimum atomic E-state index is 0.346. The highest BCUT2D eigenvalue weighted by Crippen LogP contribution is 2.77. The minimum absolute atomic E-state index is 0.346. The summed E-state index contributed by atoms with van der Waals surface area (Å²) in [4.78, 5) is 0. The van der Waals surface area contributed by atoms with E-state index < -0.39 is 0 Å². The minimum Gasteiger partial charge on any atom is -0.313 e. The summed E-state index contributed by atoms with van der Waals surface area (Å²) < 4.78 is 0. The summed E-state index contributed by atoms with van der Waals surface area (Å²) in [6, 6.07) is 0.612. The fourth-order valence-electron chi connectivity index (χ4n) is 12.4. The molecule has 1 N–H and O–H groups in total. The molecule has 0 aromatic rings. The summed E-state index contributed by atoms with van der Waals surface area (Å²) in [5.41, 5.74) is 2.24. The van der Waals surface area contributed by atoms with E-state index in [1.165, 1.54) is 77.2 Å². The lowest BCUT2D eigenvalue weighted by Crippen LogP contribution is -2.70. The van der Waals surface area contributed by atoms with Crippen molar-refractivity contribution in [3.05, 3.63) is 0 Å². The molecule has 208 valence electrons. The van der Waals surface area contributed by atoms with Gasteiger partial charge >= 0.3 is 0 Å². The average Bonchev–Trinajstić information content (AvgIpc) is 2.81.